The van der Waals surface area contributed by atoms with Crippen molar-refractivity contribution in [2.45, 2.75) is 32.0 Å². The second-order valence-corrected chi connectivity index (χ2v) is 4.99. The minimum atomic E-state index is -0.761. The zero-order valence-electron chi connectivity index (χ0n) is 10.0. The molecule has 2 aliphatic rings. The van der Waals surface area contributed by atoms with Crippen LogP contribution in [0.15, 0.2) is 17.1 Å². The van der Waals surface area contributed by atoms with Crippen LogP contribution < -0.4 is 5.32 Å². The Kier molecular flexibility index (Phi) is 2.71. The van der Waals surface area contributed by atoms with E-state index in [1.54, 1.807) is 0 Å². The minimum absolute atomic E-state index is 0.0575. The number of nitrogens with one attached hydrogen (secondary N) is 1. The zero-order chi connectivity index (χ0) is 11.8. The van der Waals surface area contributed by atoms with Gasteiger partial charge in [0.2, 0.25) is 0 Å². The van der Waals surface area contributed by atoms with Crippen LogP contribution >= 0.6 is 0 Å². The van der Waals surface area contributed by atoms with E-state index in [1.807, 2.05) is 6.21 Å². The van der Waals surface area contributed by atoms with Gasteiger partial charge in [0, 0.05) is 18.7 Å². The minimum Gasteiger partial charge on any atom is -0.314 e. The molecule has 17 heavy (non-hydrogen) atoms. The van der Waals surface area contributed by atoms with Crippen LogP contribution in [0.1, 0.15) is 34.6 Å². The first-order chi connectivity index (χ1) is 8.25. The van der Waals surface area contributed by atoms with Crippen molar-refractivity contribution in [2.75, 3.05) is 13.1 Å². The SMILES string of the molecule is Cc1cc2c(cc1C1CCNCC1F)CN=C2. The van der Waals surface area contributed by atoms with Gasteiger partial charge in [0.05, 0.1) is 6.54 Å². The van der Waals surface area contributed by atoms with Crippen molar-refractivity contribution in [3.63, 3.8) is 0 Å². The van der Waals surface area contributed by atoms with E-state index in [0.717, 1.165) is 19.5 Å². The number of hydrogen-bond acceptors (Lipinski definition) is 2. The van der Waals surface area contributed by atoms with E-state index in [9.17, 15) is 4.39 Å². The molecule has 0 aromatic heterocycles. The summed E-state index contributed by atoms with van der Waals surface area (Å²) in [6.45, 7) is 4.23. The van der Waals surface area contributed by atoms with E-state index in [2.05, 4.69) is 29.4 Å². The number of benzene rings is 1. The average molecular weight is 232 g/mol. The first-order valence-electron chi connectivity index (χ1n) is 6.24. The molecule has 1 N–H and O–H groups in total. The molecule has 1 fully saturated rings. The summed E-state index contributed by atoms with van der Waals surface area (Å²) in [5, 5.41) is 3.11. The fourth-order valence-electron chi connectivity index (χ4n) is 2.86. The van der Waals surface area contributed by atoms with Crippen molar-refractivity contribution in [2.24, 2.45) is 4.99 Å². The number of alkyl halides is 1. The van der Waals surface area contributed by atoms with Gasteiger partial charge >= 0.3 is 0 Å². The second-order valence-electron chi connectivity index (χ2n) is 4.99. The van der Waals surface area contributed by atoms with Gasteiger partial charge < -0.3 is 5.32 Å². The first kappa shape index (κ1) is 10.9. The first-order valence-corrected chi connectivity index (χ1v) is 6.24. The molecule has 0 spiro atoms. The number of fused-ring (bicyclic) bond motifs is 1. The Labute approximate surface area is 101 Å². The highest BCUT2D eigenvalue weighted by molar-refractivity contribution is 5.85. The fourth-order valence-corrected chi connectivity index (χ4v) is 2.86. The molecule has 0 saturated carbocycles. The number of aliphatic imine (C=N–C) groups is 1. The third-order valence-electron chi connectivity index (χ3n) is 3.83. The molecule has 1 aromatic rings. The summed E-state index contributed by atoms with van der Waals surface area (Å²) in [5.41, 5.74) is 4.84. The van der Waals surface area contributed by atoms with Crippen LogP contribution in [0.5, 0.6) is 0 Å². The molecule has 2 nitrogen and oxygen atoms in total. The largest absolute Gasteiger partial charge is 0.314 e. The molecule has 0 radical (unpaired) electrons. The van der Waals surface area contributed by atoms with Crippen LogP contribution in [0.2, 0.25) is 0 Å². The lowest BCUT2D eigenvalue weighted by molar-refractivity contribution is 0.231. The number of nitrogens with zero attached hydrogens (tertiary/aromatic N) is 1. The number of halogens is 1. The molecule has 2 heterocycles. The topological polar surface area (TPSA) is 24.4 Å². The molecule has 2 aliphatic heterocycles. The van der Waals surface area contributed by atoms with Gasteiger partial charge in [-0.15, -0.1) is 0 Å². The summed E-state index contributed by atoms with van der Waals surface area (Å²) < 4.78 is 14.0. The summed E-state index contributed by atoms with van der Waals surface area (Å²) in [7, 11) is 0. The molecule has 2 atom stereocenters. The smallest absolute Gasteiger partial charge is 0.119 e. The van der Waals surface area contributed by atoms with Gasteiger partial charge in [0.25, 0.3) is 0 Å². The van der Waals surface area contributed by atoms with Gasteiger partial charge in [0.1, 0.15) is 6.17 Å². The molecule has 0 amide bonds. The average Bonchev–Trinajstić information content (AvgIpc) is 2.76. The van der Waals surface area contributed by atoms with Crippen LogP contribution in [0.25, 0.3) is 0 Å². The molecule has 0 bridgehead atoms. The zero-order valence-corrected chi connectivity index (χ0v) is 10.0. The number of aryl methyl sites for hydroxylation is 1. The predicted octanol–water partition coefficient (Wildman–Crippen LogP) is 2.34. The molecular formula is C14H17FN2. The van der Waals surface area contributed by atoms with Crippen molar-refractivity contribution in [1.29, 1.82) is 0 Å². The van der Waals surface area contributed by atoms with Gasteiger partial charge in [-0.25, -0.2) is 4.39 Å². The van der Waals surface area contributed by atoms with E-state index in [1.165, 1.54) is 22.3 Å². The van der Waals surface area contributed by atoms with E-state index in [0.29, 0.717) is 6.54 Å². The van der Waals surface area contributed by atoms with Gasteiger partial charge in [0.15, 0.2) is 0 Å². The molecule has 2 unspecified atom stereocenters. The lowest BCUT2D eigenvalue weighted by Crippen LogP contribution is -2.37. The molecule has 0 aliphatic carbocycles. The highest BCUT2D eigenvalue weighted by atomic mass is 19.1. The summed E-state index contributed by atoms with van der Waals surface area (Å²) in [6, 6.07) is 4.32. The summed E-state index contributed by atoms with van der Waals surface area (Å²) >= 11 is 0. The molecular weight excluding hydrogens is 215 g/mol. The quantitative estimate of drug-likeness (QED) is 0.789. The van der Waals surface area contributed by atoms with E-state index in [4.69, 9.17) is 0 Å². The Balaban J connectivity index is 1.97. The van der Waals surface area contributed by atoms with Crippen LogP contribution in [-0.4, -0.2) is 25.5 Å². The van der Waals surface area contributed by atoms with Crippen molar-refractivity contribution < 1.29 is 4.39 Å². The van der Waals surface area contributed by atoms with Crippen molar-refractivity contribution >= 4 is 6.21 Å². The molecule has 90 valence electrons. The standard InChI is InChI=1S/C14H17FN2/c1-9-4-10-6-17-7-11(10)5-13(9)12-2-3-16-8-14(12)15/h4-6,12,14,16H,2-3,7-8H2,1H3. The summed E-state index contributed by atoms with van der Waals surface area (Å²) in [5.74, 6) is 0.0575. The van der Waals surface area contributed by atoms with Gasteiger partial charge in [-0.05, 0) is 48.2 Å². The second kappa shape index (κ2) is 4.22. The monoisotopic (exact) mass is 232 g/mol. The number of rotatable bonds is 1. The summed E-state index contributed by atoms with van der Waals surface area (Å²) in [4.78, 5) is 4.27. The van der Waals surface area contributed by atoms with E-state index >= 15 is 0 Å². The van der Waals surface area contributed by atoms with E-state index < -0.39 is 6.17 Å². The normalized spacial score (nSPS) is 27.2. The van der Waals surface area contributed by atoms with Crippen LogP contribution in [0, 0.1) is 6.92 Å². The lowest BCUT2D eigenvalue weighted by atomic mass is 9.84. The lowest BCUT2D eigenvalue weighted by Gasteiger charge is -2.28. The maximum absolute atomic E-state index is 14.0. The highest BCUT2D eigenvalue weighted by Gasteiger charge is 2.28. The Hall–Kier alpha value is -1.22. The van der Waals surface area contributed by atoms with Crippen LogP contribution in [-0.2, 0) is 6.54 Å². The maximum Gasteiger partial charge on any atom is 0.119 e. The Bertz CT molecular complexity index is 468. The van der Waals surface area contributed by atoms with Crippen LogP contribution in [0.4, 0.5) is 4.39 Å². The van der Waals surface area contributed by atoms with Crippen molar-refractivity contribution in [3.05, 3.63) is 34.4 Å². The molecule has 1 saturated heterocycles. The third kappa shape index (κ3) is 1.89. The highest BCUT2D eigenvalue weighted by Crippen LogP contribution is 2.32. The van der Waals surface area contributed by atoms with Gasteiger partial charge in [-0.1, -0.05) is 6.07 Å². The van der Waals surface area contributed by atoms with Crippen molar-refractivity contribution in [1.82, 2.24) is 5.32 Å². The summed E-state index contributed by atoms with van der Waals surface area (Å²) in [6.07, 6.45) is 2.05. The predicted molar refractivity (Wildman–Crippen MR) is 67.6 cm³/mol. The fraction of sp³-hybridized carbons (Fsp3) is 0.500. The Morgan fingerprint density at radius 1 is 1.41 bits per heavy atom. The van der Waals surface area contributed by atoms with E-state index in [-0.39, 0.29) is 5.92 Å². The number of hydrogen-bond donors (Lipinski definition) is 1. The molecule has 1 aromatic carbocycles. The molecule has 3 rings (SSSR count). The number of piperidine rings is 1. The third-order valence-corrected chi connectivity index (χ3v) is 3.83. The Morgan fingerprint density at radius 2 is 2.29 bits per heavy atom. The molecule has 3 heteroatoms. The Morgan fingerprint density at radius 3 is 3.12 bits per heavy atom. The maximum atomic E-state index is 14.0. The van der Waals surface area contributed by atoms with Gasteiger partial charge in [-0.2, -0.15) is 0 Å². The van der Waals surface area contributed by atoms with Gasteiger partial charge in [-0.3, -0.25) is 4.99 Å². The van der Waals surface area contributed by atoms with Crippen LogP contribution in [0.3, 0.4) is 0 Å². The van der Waals surface area contributed by atoms with Crippen molar-refractivity contribution in [3.8, 4) is 0 Å².